The smallest absolute Gasteiger partial charge is 0.257 e. The van der Waals surface area contributed by atoms with E-state index in [2.05, 4.69) is 21.2 Å². The molecule has 1 aromatic rings. The molecule has 2 rings (SSSR count). The zero-order valence-corrected chi connectivity index (χ0v) is 12.3. The van der Waals surface area contributed by atoms with Gasteiger partial charge in [0.1, 0.15) is 17.2 Å². The Hall–Kier alpha value is -0.970. The van der Waals surface area contributed by atoms with Crippen molar-refractivity contribution >= 4 is 21.8 Å². The molecule has 0 radical (unpaired) electrons. The summed E-state index contributed by atoms with van der Waals surface area (Å²) >= 11 is 3.38. The van der Waals surface area contributed by atoms with Crippen LogP contribution in [0.2, 0.25) is 0 Å². The van der Waals surface area contributed by atoms with Crippen molar-refractivity contribution in [2.75, 3.05) is 5.33 Å². The Labute approximate surface area is 119 Å². The lowest BCUT2D eigenvalue weighted by atomic mass is 9.99. The van der Waals surface area contributed by atoms with Gasteiger partial charge in [-0.05, 0) is 31.4 Å². The van der Waals surface area contributed by atoms with Gasteiger partial charge < -0.3 is 5.32 Å². The number of hydrogen-bond acceptors (Lipinski definition) is 1. The lowest BCUT2D eigenvalue weighted by Crippen LogP contribution is -2.48. The molecular weight excluding hydrogens is 316 g/mol. The molecule has 0 heterocycles. The zero-order chi connectivity index (χ0) is 14.0. The molecule has 1 aliphatic rings. The van der Waals surface area contributed by atoms with Crippen molar-refractivity contribution in [2.24, 2.45) is 0 Å². The molecule has 0 bridgehead atoms. The number of halogens is 3. The number of nitrogens with one attached hydrogen (secondary N) is 1. The van der Waals surface area contributed by atoms with E-state index in [1.165, 1.54) is 13.0 Å². The Kier molecular flexibility index (Phi) is 4.23. The molecule has 2 nitrogen and oxygen atoms in total. The monoisotopic (exact) mass is 331 g/mol. The van der Waals surface area contributed by atoms with Gasteiger partial charge in [-0.1, -0.05) is 34.8 Å². The number of hydrogen-bond donors (Lipinski definition) is 1. The number of aryl methyl sites for hydroxylation is 1. The maximum absolute atomic E-state index is 13.9. The van der Waals surface area contributed by atoms with Gasteiger partial charge in [-0.2, -0.15) is 0 Å². The van der Waals surface area contributed by atoms with Crippen molar-refractivity contribution < 1.29 is 13.6 Å². The van der Waals surface area contributed by atoms with Crippen LogP contribution in [0.25, 0.3) is 0 Å². The highest BCUT2D eigenvalue weighted by Gasteiger charge is 2.35. The standard InChI is InChI=1S/C14H16BrF2NO/c1-9-4-5-10(16)11(12(9)17)13(19)18-14(8-15)6-2-3-7-14/h4-5H,2-3,6-8H2,1H3,(H,18,19). The summed E-state index contributed by atoms with van der Waals surface area (Å²) in [6.45, 7) is 1.52. The van der Waals surface area contributed by atoms with Gasteiger partial charge >= 0.3 is 0 Å². The summed E-state index contributed by atoms with van der Waals surface area (Å²) in [4.78, 5) is 12.1. The third-order valence-corrected chi connectivity index (χ3v) is 4.78. The van der Waals surface area contributed by atoms with Gasteiger partial charge in [-0.25, -0.2) is 8.78 Å². The number of benzene rings is 1. The van der Waals surface area contributed by atoms with Crippen molar-refractivity contribution in [3.05, 3.63) is 34.9 Å². The summed E-state index contributed by atoms with van der Waals surface area (Å²) in [5.41, 5.74) is -0.585. The van der Waals surface area contributed by atoms with Gasteiger partial charge in [0.15, 0.2) is 0 Å². The summed E-state index contributed by atoms with van der Waals surface area (Å²) in [5.74, 6) is -2.26. The van der Waals surface area contributed by atoms with Gasteiger partial charge in [0.2, 0.25) is 0 Å². The number of alkyl halides is 1. The highest BCUT2D eigenvalue weighted by molar-refractivity contribution is 9.09. The lowest BCUT2D eigenvalue weighted by Gasteiger charge is -2.28. The SMILES string of the molecule is Cc1ccc(F)c(C(=O)NC2(CBr)CCCC2)c1F. The molecule has 0 aromatic heterocycles. The Morgan fingerprint density at radius 2 is 2.00 bits per heavy atom. The van der Waals surface area contributed by atoms with E-state index in [9.17, 15) is 13.6 Å². The van der Waals surface area contributed by atoms with Crippen LogP contribution in [0.3, 0.4) is 0 Å². The van der Waals surface area contributed by atoms with E-state index >= 15 is 0 Å². The normalized spacial score (nSPS) is 17.5. The Bertz CT molecular complexity index is 498. The number of carbonyl (C=O) groups is 1. The molecule has 0 unspecified atom stereocenters. The minimum absolute atomic E-state index is 0.269. The number of amides is 1. The molecule has 104 valence electrons. The van der Waals surface area contributed by atoms with E-state index in [1.54, 1.807) is 0 Å². The lowest BCUT2D eigenvalue weighted by molar-refractivity contribution is 0.0901. The average Bonchev–Trinajstić information content (AvgIpc) is 2.83. The average molecular weight is 332 g/mol. The molecule has 0 atom stereocenters. The van der Waals surface area contributed by atoms with Gasteiger partial charge in [0, 0.05) is 5.33 Å². The second-order valence-electron chi connectivity index (χ2n) is 5.13. The molecule has 1 amide bonds. The summed E-state index contributed by atoms with van der Waals surface area (Å²) < 4.78 is 27.6. The van der Waals surface area contributed by atoms with Crippen molar-refractivity contribution in [2.45, 2.75) is 38.1 Å². The van der Waals surface area contributed by atoms with Crippen LogP contribution >= 0.6 is 15.9 Å². The summed E-state index contributed by atoms with van der Waals surface area (Å²) in [5, 5.41) is 3.40. The Morgan fingerprint density at radius 1 is 1.37 bits per heavy atom. The van der Waals surface area contributed by atoms with E-state index in [4.69, 9.17) is 0 Å². The minimum Gasteiger partial charge on any atom is -0.346 e. The van der Waals surface area contributed by atoms with Crippen LogP contribution in [-0.2, 0) is 0 Å². The summed E-state index contributed by atoms with van der Waals surface area (Å²) in [7, 11) is 0. The first-order valence-electron chi connectivity index (χ1n) is 6.32. The van der Waals surface area contributed by atoms with Gasteiger partial charge in [0.05, 0.1) is 5.54 Å². The third-order valence-electron chi connectivity index (χ3n) is 3.71. The second-order valence-corrected chi connectivity index (χ2v) is 5.69. The molecule has 1 N–H and O–H groups in total. The first-order valence-corrected chi connectivity index (χ1v) is 7.44. The summed E-state index contributed by atoms with van der Waals surface area (Å²) in [6.07, 6.45) is 3.70. The molecule has 19 heavy (non-hydrogen) atoms. The van der Waals surface area contributed by atoms with E-state index in [0.717, 1.165) is 31.7 Å². The van der Waals surface area contributed by atoms with Crippen LogP contribution in [-0.4, -0.2) is 16.8 Å². The Balaban J connectivity index is 2.28. The van der Waals surface area contributed by atoms with Crippen LogP contribution in [0.4, 0.5) is 8.78 Å². The molecule has 0 spiro atoms. The minimum atomic E-state index is -0.816. The fraction of sp³-hybridized carbons (Fsp3) is 0.500. The fourth-order valence-electron chi connectivity index (χ4n) is 2.51. The van der Waals surface area contributed by atoms with Crippen LogP contribution < -0.4 is 5.32 Å². The van der Waals surface area contributed by atoms with E-state index in [-0.39, 0.29) is 11.1 Å². The topological polar surface area (TPSA) is 29.1 Å². The second kappa shape index (κ2) is 5.57. The number of rotatable bonds is 3. The Morgan fingerprint density at radius 3 is 2.58 bits per heavy atom. The molecule has 1 aromatic carbocycles. The fourth-order valence-corrected chi connectivity index (χ4v) is 3.21. The van der Waals surface area contributed by atoms with E-state index in [1.807, 2.05) is 0 Å². The maximum Gasteiger partial charge on any atom is 0.257 e. The predicted octanol–water partition coefficient (Wildman–Crippen LogP) is 3.71. The largest absolute Gasteiger partial charge is 0.346 e. The maximum atomic E-state index is 13.9. The highest BCUT2D eigenvalue weighted by Crippen LogP contribution is 2.32. The first-order chi connectivity index (χ1) is 8.99. The van der Waals surface area contributed by atoms with Crippen LogP contribution in [0.1, 0.15) is 41.6 Å². The van der Waals surface area contributed by atoms with Gasteiger partial charge in [-0.15, -0.1) is 0 Å². The van der Waals surface area contributed by atoms with Crippen molar-refractivity contribution in [1.82, 2.24) is 5.32 Å². The molecule has 1 aliphatic carbocycles. The van der Waals surface area contributed by atoms with Gasteiger partial charge in [-0.3, -0.25) is 4.79 Å². The first kappa shape index (κ1) is 14.4. The van der Waals surface area contributed by atoms with Crippen molar-refractivity contribution in [1.29, 1.82) is 0 Å². The highest BCUT2D eigenvalue weighted by atomic mass is 79.9. The van der Waals surface area contributed by atoms with Crippen molar-refractivity contribution in [3.8, 4) is 0 Å². The van der Waals surface area contributed by atoms with Crippen LogP contribution in [0.15, 0.2) is 12.1 Å². The van der Waals surface area contributed by atoms with Crippen molar-refractivity contribution in [3.63, 3.8) is 0 Å². The van der Waals surface area contributed by atoms with Gasteiger partial charge in [0.25, 0.3) is 5.91 Å². The molecule has 0 saturated heterocycles. The van der Waals surface area contributed by atoms with E-state index in [0.29, 0.717) is 5.33 Å². The zero-order valence-electron chi connectivity index (χ0n) is 10.7. The molecule has 5 heteroatoms. The quantitative estimate of drug-likeness (QED) is 0.840. The molecule has 0 aliphatic heterocycles. The predicted molar refractivity (Wildman–Crippen MR) is 73.6 cm³/mol. The van der Waals surface area contributed by atoms with E-state index < -0.39 is 23.1 Å². The molecular formula is C14H16BrF2NO. The molecule has 1 saturated carbocycles. The molecule has 1 fully saturated rings. The summed E-state index contributed by atoms with van der Waals surface area (Å²) in [6, 6.07) is 2.46. The number of carbonyl (C=O) groups excluding carboxylic acids is 1. The van der Waals surface area contributed by atoms with Crippen LogP contribution in [0, 0.1) is 18.6 Å². The van der Waals surface area contributed by atoms with Crippen LogP contribution in [0.5, 0.6) is 0 Å². The third kappa shape index (κ3) is 2.81.